The summed E-state index contributed by atoms with van der Waals surface area (Å²) in [6.07, 6.45) is 0.384. The zero-order valence-corrected chi connectivity index (χ0v) is 10.6. The van der Waals surface area contributed by atoms with Gasteiger partial charge in [-0.2, -0.15) is 5.26 Å². The van der Waals surface area contributed by atoms with Gasteiger partial charge in [-0.15, -0.1) is 0 Å². The normalized spacial score (nSPS) is 18.0. The molecule has 1 aliphatic heterocycles. The van der Waals surface area contributed by atoms with Crippen molar-refractivity contribution < 1.29 is 4.79 Å². The second-order valence-electron chi connectivity index (χ2n) is 4.60. The summed E-state index contributed by atoms with van der Waals surface area (Å²) in [4.78, 5) is 16.3. The third kappa shape index (κ3) is 2.67. The maximum absolute atomic E-state index is 11.9. The molecule has 1 saturated heterocycles. The van der Waals surface area contributed by atoms with Crippen LogP contribution in [0.3, 0.4) is 0 Å². The smallest absolute Gasteiger partial charge is 0.227 e. The molecular weight excluding hydrogens is 242 g/mol. The largest absolute Gasteiger partial charge is 0.312 e. The van der Waals surface area contributed by atoms with E-state index in [1.54, 1.807) is 11.0 Å². The molecule has 0 saturated carbocycles. The topological polar surface area (TPSA) is 92.9 Å². The van der Waals surface area contributed by atoms with Gasteiger partial charge in [0.25, 0.3) is 0 Å². The Morgan fingerprint density at radius 1 is 1.63 bits per heavy atom. The van der Waals surface area contributed by atoms with E-state index in [1.165, 1.54) is 0 Å². The summed E-state index contributed by atoms with van der Waals surface area (Å²) < 4.78 is 0. The molecule has 19 heavy (non-hydrogen) atoms. The molecule has 2 rings (SSSR count). The van der Waals surface area contributed by atoms with Gasteiger partial charge in [0.1, 0.15) is 0 Å². The minimum Gasteiger partial charge on any atom is -0.312 e. The lowest BCUT2D eigenvalue weighted by atomic mass is 10.1. The van der Waals surface area contributed by atoms with Crippen molar-refractivity contribution in [1.82, 2.24) is 0 Å². The van der Waals surface area contributed by atoms with Crippen LogP contribution in [-0.2, 0) is 4.79 Å². The summed E-state index contributed by atoms with van der Waals surface area (Å²) in [5.41, 5.74) is 10.5. The number of rotatable bonds is 3. The zero-order valence-electron chi connectivity index (χ0n) is 10.6. The number of nitrogens with zero attached hydrogens (tertiary/aromatic N) is 5. The molecule has 96 valence electrons. The number of carbonyl (C=O) groups excluding carboxylic acids is 1. The summed E-state index contributed by atoms with van der Waals surface area (Å²) in [5, 5.41) is 12.5. The molecule has 0 N–H and O–H groups in total. The van der Waals surface area contributed by atoms with Crippen LogP contribution < -0.4 is 4.90 Å². The molecule has 6 nitrogen and oxygen atoms in total. The Bertz CT molecular complexity index is 598. The third-order valence-corrected chi connectivity index (χ3v) is 3.26. The van der Waals surface area contributed by atoms with Gasteiger partial charge < -0.3 is 4.90 Å². The van der Waals surface area contributed by atoms with Gasteiger partial charge in [-0.25, -0.2) is 0 Å². The van der Waals surface area contributed by atoms with Gasteiger partial charge in [0.2, 0.25) is 5.91 Å². The van der Waals surface area contributed by atoms with Gasteiger partial charge in [-0.05, 0) is 36.1 Å². The number of aryl methyl sites for hydroxylation is 1. The molecule has 1 atom stereocenters. The van der Waals surface area contributed by atoms with Gasteiger partial charge >= 0.3 is 0 Å². The first-order chi connectivity index (χ1) is 9.15. The van der Waals surface area contributed by atoms with E-state index in [-0.39, 0.29) is 11.8 Å². The van der Waals surface area contributed by atoms with Crippen LogP contribution in [0.15, 0.2) is 23.3 Å². The fourth-order valence-electron chi connectivity index (χ4n) is 2.20. The van der Waals surface area contributed by atoms with Gasteiger partial charge in [-0.1, -0.05) is 11.2 Å². The Morgan fingerprint density at radius 3 is 3.11 bits per heavy atom. The highest BCUT2D eigenvalue weighted by atomic mass is 16.2. The molecule has 0 aromatic heterocycles. The number of azide groups is 1. The molecule has 1 aliphatic rings. The number of anilines is 1. The summed E-state index contributed by atoms with van der Waals surface area (Å²) in [6, 6.07) is 7.51. The van der Waals surface area contributed by atoms with Gasteiger partial charge in [0, 0.05) is 30.1 Å². The van der Waals surface area contributed by atoms with Crippen LogP contribution in [0, 0.1) is 24.2 Å². The van der Waals surface area contributed by atoms with E-state index in [2.05, 4.69) is 16.1 Å². The Balaban J connectivity index is 2.21. The maximum atomic E-state index is 11.9. The SMILES string of the molecule is Cc1ccc(N2CC(CN=[N+]=[N-])CC2=O)cc1C#N. The van der Waals surface area contributed by atoms with Crippen molar-refractivity contribution in [1.29, 1.82) is 5.26 Å². The summed E-state index contributed by atoms with van der Waals surface area (Å²) >= 11 is 0. The third-order valence-electron chi connectivity index (χ3n) is 3.26. The van der Waals surface area contributed by atoms with Crippen LogP contribution >= 0.6 is 0 Å². The van der Waals surface area contributed by atoms with Crippen LogP contribution in [0.4, 0.5) is 5.69 Å². The lowest BCUT2D eigenvalue weighted by Crippen LogP contribution is -2.24. The second kappa shape index (κ2) is 5.42. The van der Waals surface area contributed by atoms with Crippen LogP contribution in [0.25, 0.3) is 10.4 Å². The summed E-state index contributed by atoms with van der Waals surface area (Å²) in [5.74, 6) is 0.0566. The zero-order chi connectivity index (χ0) is 13.8. The highest BCUT2D eigenvalue weighted by molar-refractivity contribution is 5.96. The van der Waals surface area contributed by atoms with Crippen LogP contribution in [0.2, 0.25) is 0 Å². The number of amides is 1. The maximum Gasteiger partial charge on any atom is 0.227 e. The quantitative estimate of drug-likeness (QED) is 0.471. The number of benzene rings is 1. The Hall–Kier alpha value is -2.51. The average Bonchev–Trinajstić information content (AvgIpc) is 2.78. The Morgan fingerprint density at radius 2 is 2.42 bits per heavy atom. The Labute approximate surface area is 110 Å². The van der Waals surface area contributed by atoms with Crippen LogP contribution in [0.1, 0.15) is 17.5 Å². The number of nitriles is 1. The lowest BCUT2D eigenvalue weighted by molar-refractivity contribution is -0.117. The molecule has 0 bridgehead atoms. The molecule has 0 spiro atoms. The molecule has 6 heteroatoms. The first kappa shape index (κ1) is 12.9. The lowest BCUT2D eigenvalue weighted by Gasteiger charge is -2.17. The van der Waals surface area contributed by atoms with Crippen molar-refractivity contribution >= 4 is 11.6 Å². The van der Waals surface area contributed by atoms with Gasteiger partial charge in [0.05, 0.1) is 11.6 Å². The molecule has 1 fully saturated rings. The molecule has 1 unspecified atom stereocenters. The molecular formula is C13H13N5O. The molecule has 0 radical (unpaired) electrons. The van der Waals surface area contributed by atoms with Crippen molar-refractivity contribution in [3.63, 3.8) is 0 Å². The first-order valence-corrected chi connectivity index (χ1v) is 5.97. The first-order valence-electron chi connectivity index (χ1n) is 5.97. The molecule has 1 aromatic rings. The standard InChI is InChI=1S/C13H13N5O/c1-9-2-3-12(5-11(9)6-14)18-8-10(4-13(18)19)7-16-17-15/h2-3,5,10H,4,7-8H2,1H3. The molecule has 1 heterocycles. The van der Waals surface area contributed by atoms with E-state index in [0.29, 0.717) is 25.1 Å². The fraction of sp³-hybridized carbons (Fsp3) is 0.385. The second-order valence-corrected chi connectivity index (χ2v) is 4.60. The van der Waals surface area contributed by atoms with Crippen molar-refractivity contribution in [2.24, 2.45) is 11.0 Å². The monoisotopic (exact) mass is 255 g/mol. The fourth-order valence-corrected chi connectivity index (χ4v) is 2.20. The van der Waals surface area contributed by atoms with Crippen molar-refractivity contribution in [2.45, 2.75) is 13.3 Å². The molecule has 1 amide bonds. The van der Waals surface area contributed by atoms with Crippen molar-refractivity contribution in [3.8, 4) is 6.07 Å². The number of hydrogen-bond donors (Lipinski definition) is 0. The van der Waals surface area contributed by atoms with E-state index < -0.39 is 0 Å². The van der Waals surface area contributed by atoms with E-state index in [1.807, 2.05) is 19.1 Å². The van der Waals surface area contributed by atoms with E-state index in [0.717, 1.165) is 11.3 Å². The van der Waals surface area contributed by atoms with E-state index >= 15 is 0 Å². The summed E-state index contributed by atoms with van der Waals surface area (Å²) in [7, 11) is 0. The minimum atomic E-state index is 0.00545. The van der Waals surface area contributed by atoms with Crippen LogP contribution in [-0.4, -0.2) is 19.0 Å². The van der Waals surface area contributed by atoms with Gasteiger partial charge in [-0.3, -0.25) is 4.79 Å². The van der Waals surface area contributed by atoms with E-state index in [9.17, 15) is 4.79 Å². The predicted molar refractivity (Wildman–Crippen MR) is 70.4 cm³/mol. The summed E-state index contributed by atoms with van der Waals surface area (Å²) in [6.45, 7) is 2.72. The van der Waals surface area contributed by atoms with E-state index in [4.69, 9.17) is 10.8 Å². The molecule has 0 aliphatic carbocycles. The average molecular weight is 255 g/mol. The van der Waals surface area contributed by atoms with Gasteiger partial charge in [0.15, 0.2) is 0 Å². The highest BCUT2D eigenvalue weighted by Crippen LogP contribution is 2.26. The highest BCUT2D eigenvalue weighted by Gasteiger charge is 2.30. The molecule has 1 aromatic carbocycles. The van der Waals surface area contributed by atoms with Crippen LogP contribution in [0.5, 0.6) is 0 Å². The predicted octanol–water partition coefficient (Wildman–Crippen LogP) is 2.53. The Kier molecular flexibility index (Phi) is 3.69. The van der Waals surface area contributed by atoms with Crippen molar-refractivity contribution in [3.05, 3.63) is 39.8 Å². The van der Waals surface area contributed by atoms with Crippen molar-refractivity contribution in [2.75, 3.05) is 18.0 Å². The number of carbonyl (C=O) groups is 1. The minimum absolute atomic E-state index is 0.00545. The number of hydrogen-bond acceptors (Lipinski definition) is 3.